The van der Waals surface area contributed by atoms with Crippen LogP contribution in [0.5, 0.6) is 0 Å². The first-order valence-electron chi connectivity index (χ1n) is 11.3. The summed E-state index contributed by atoms with van der Waals surface area (Å²) < 4.78 is 5.89. The lowest BCUT2D eigenvalue weighted by molar-refractivity contribution is -0.147. The molecule has 3 aliphatic rings. The summed E-state index contributed by atoms with van der Waals surface area (Å²) in [5.74, 6) is 0.386. The molecule has 4 rings (SSSR count). The van der Waals surface area contributed by atoms with Gasteiger partial charge in [0.1, 0.15) is 6.61 Å². The zero-order valence-electron chi connectivity index (χ0n) is 16.7. The molecule has 0 bridgehead atoms. The van der Waals surface area contributed by atoms with Gasteiger partial charge in [-0.1, -0.05) is 62.4 Å². The first kappa shape index (κ1) is 19.0. The Morgan fingerprint density at radius 1 is 1.00 bits per heavy atom. The minimum Gasteiger partial charge on any atom is -0.464 e. The number of rotatable bonds is 6. The first-order valence-corrected chi connectivity index (χ1v) is 11.3. The molecule has 1 spiro atoms. The second kappa shape index (κ2) is 8.77. The molecule has 1 atom stereocenters. The van der Waals surface area contributed by atoms with Crippen LogP contribution in [-0.4, -0.2) is 36.1 Å². The zero-order valence-corrected chi connectivity index (χ0v) is 16.7. The van der Waals surface area contributed by atoms with E-state index >= 15 is 0 Å². The molecular formula is C24H35NO2. The second-order valence-corrected chi connectivity index (χ2v) is 8.98. The van der Waals surface area contributed by atoms with Gasteiger partial charge < -0.3 is 4.74 Å². The maximum atomic E-state index is 13.0. The molecular weight excluding hydrogens is 334 g/mol. The Labute approximate surface area is 164 Å². The van der Waals surface area contributed by atoms with Crippen molar-refractivity contribution >= 4 is 5.97 Å². The topological polar surface area (TPSA) is 29.5 Å². The average molecular weight is 370 g/mol. The normalized spacial score (nSPS) is 24.3. The lowest BCUT2D eigenvalue weighted by atomic mass is 9.80. The molecule has 0 amide bonds. The van der Waals surface area contributed by atoms with Gasteiger partial charge >= 0.3 is 5.97 Å². The van der Waals surface area contributed by atoms with Crippen molar-refractivity contribution in [3.63, 3.8) is 0 Å². The third-order valence-corrected chi connectivity index (χ3v) is 7.41. The zero-order chi connectivity index (χ0) is 18.5. The summed E-state index contributed by atoms with van der Waals surface area (Å²) in [6.07, 6.45) is 14.3. The van der Waals surface area contributed by atoms with Crippen molar-refractivity contribution in [1.29, 1.82) is 0 Å². The third-order valence-electron chi connectivity index (χ3n) is 7.41. The molecule has 2 saturated carbocycles. The summed E-state index contributed by atoms with van der Waals surface area (Å²) in [4.78, 5) is 15.7. The van der Waals surface area contributed by atoms with Crippen molar-refractivity contribution in [1.82, 2.24) is 4.90 Å². The van der Waals surface area contributed by atoms with Gasteiger partial charge in [0.05, 0.1) is 5.92 Å². The molecule has 1 aromatic rings. The molecule has 1 saturated heterocycles. The Morgan fingerprint density at radius 3 is 2.44 bits per heavy atom. The van der Waals surface area contributed by atoms with Crippen LogP contribution in [0.4, 0.5) is 0 Å². The van der Waals surface area contributed by atoms with Crippen LogP contribution in [0, 0.1) is 5.92 Å². The van der Waals surface area contributed by atoms with E-state index < -0.39 is 0 Å². The van der Waals surface area contributed by atoms with Crippen LogP contribution in [0.25, 0.3) is 0 Å². The fourth-order valence-corrected chi connectivity index (χ4v) is 6.02. The fraction of sp³-hybridized carbons (Fsp3) is 0.708. The van der Waals surface area contributed by atoms with Crippen LogP contribution in [0.2, 0.25) is 0 Å². The van der Waals surface area contributed by atoms with Crippen LogP contribution < -0.4 is 0 Å². The van der Waals surface area contributed by atoms with Gasteiger partial charge in [-0.15, -0.1) is 0 Å². The monoisotopic (exact) mass is 369 g/mol. The molecule has 1 aromatic carbocycles. The number of ether oxygens (including phenoxy) is 1. The Balaban J connectivity index is 1.35. The molecule has 148 valence electrons. The van der Waals surface area contributed by atoms with Crippen LogP contribution in [0.3, 0.4) is 0 Å². The number of benzene rings is 1. The van der Waals surface area contributed by atoms with E-state index in [4.69, 9.17) is 4.74 Å². The Morgan fingerprint density at radius 2 is 1.70 bits per heavy atom. The van der Waals surface area contributed by atoms with Crippen molar-refractivity contribution in [3.05, 3.63) is 35.9 Å². The van der Waals surface area contributed by atoms with E-state index in [0.29, 0.717) is 18.1 Å². The number of esters is 1. The van der Waals surface area contributed by atoms with Gasteiger partial charge in [0, 0.05) is 12.1 Å². The Hall–Kier alpha value is -1.35. The van der Waals surface area contributed by atoms with Crippen LogP contribution >= 0.6 is 0 Å². The molecule has 3 nitrogen and oxygen atoms in total. The highest BCUT2D eigenvalue weighted by Crippen LogP contribution is 2.41. The molecule has 27 heavy (non-hydrogen) atoms. The minimum atomic E-state index is -0.0732. The molecule has 2 aliphatic carbocycles. The summed E-state index contributed by atoms with van der Waals surface area (Å²) >= 11 is 0. The second-order valence-electron chi connectivity index (χ2n) is 8.98. The van der Waals surface area contributed by atoms with E-state index in [1.165, 1.54) is 64.3 Å². The van der Waals surface area contributed by atoms with Crippen molar-refractivity contribution in [2.45, 2.75) is 82.1 Å². The van der Waals surface area contributed by atoms with Gasteiger partial charge in [0.2, 0.25) is 0 Å². The smallest absolute Gasteiger partial charge is 0.313 e. The third kappa shape index (κ3) is 4.23. The maximum Gasteiger partial charge on any atom is 0.313 e. The van der Waals surface area contributed by atoms with Gasteiger partial charge in [-0.25, -0.2) is 0 Å². The van der Waals surface area contributed by atoms with Crippen LogP contribution in [0.15, 0.2) is 30.3 Å². The van der Waals surface area contributed by atoms with Crippen molar-refractivity contribution < 1.29 is 9.53 Å². The first-order chi connectivity index (χ1) is 13.3. The number of nitrogens with zero attached hydrogens (tertiary/aromatic N) is 1. The number of carbonyl (C=O) groups excluding carboxylic acids is 1. The number of carbonyl (C=O) groups is 1. The predicted molar refractivity (Wildman–Crippen MR) is 109 cm³/mol. The summed E-state index contributed by atoms with van der Waals surface area (Å²) in [5, 5.41) is 0. The summed E-state index contributed by atoms with van der Waals surface area (Å²) in [6, 6.07) is 10.3. The van der Waals surface area contributed by atoms with Crippen LogP contribution in [-0.2, 0) is 9.53 Å². The molecule has 3 fully saturated rings. The van der Waals surface area contributed by atoms with Gasteiger partial charge in [-0.05, 0) is 56.6 Å². The Bertz CT molecular complexity index is 602. The number of hydrogen-bond donors (Lipinski definition) is 0. The lowest BCUT2D eigenvalue weighted by Crippen LogP contribution is -2.46. The molecule has 1 heterocycles. The van der Waals surface area contributed by atoms with E-state index in [2.05, 4.69) is 17.0 Å². The van der Waals surface area contributed by atoms with Gasteiger partial charge in [-0.3, -0.25) is 9.69 Å². The predicted octanol–water partition coefficient (Wildman–Crippen LogP) is 5.30. The SMILES string of the molecule is O=C(OCCN1CCCC12CCCCC2)C(c1ccccc1)C1CCCC1. The van der Waals surface area contributed by atoms with E-state index in [1.54, 1.807) is 0 Å². The van der Waals surface area contributed by atoms with Gasteiger partial charge in [-0.2, -0.15) is 0 Å². The molecule has 0 aromatic heterocycles. The van der Waals surface area contributed by atoms with Crippen molar-refractivity contribution in [3.8, 4) is 0 Å². The Kier molecular flexibility index (Phi) is 6.17. The summed E-state index contributed by atoms with van der Waals surface area (Å²) in [7, 11) is 0. The minimum absolute atomic E-state index is 0.00462. The van der Waals surface area contributed by atoms with Crippen molar-refractivity contribution in [2.75, 3.05) is 19.7 Å². The quantitative estimate of drug-likeness (QED) is 0.637. The average Bonchev–Trinajstić information content (AvgIpc) is 3.35. The number of hydrogen-bond acceptors (Lipinski definition) is 3. The lowest BCUT2D eigenvalue weighted by Gasteiger charge is -2.41. The van der Waals surface area contributed by atoms with Gasteiger partial charge in [0.15, 0.2) is 0 Å². The summed E-state index contributed by atoms with van der Waals surface area (Å²) in [6.45, 7) is 2.65. The number of likely N-dealkylation sites (tertiary alicyclic amines) is 1. The van der Waals surface area contributed by atoms with E-state index in [9.17, 15) is 4.79 Å². The van der Waals surface area contributed by atoms with Gasteiger partial charge in [0.25, 0.3) is 0 Å². The highest BCUT2D eigenvalue weighted by molar-refractivity contribution is 5.78. The molecule has 1 unspecified atom stereocenters. The fourth-order valence-electron chi connectivity index (χ4n) is 6.02. The maximum absolute atomic E-state index is 13.0. The van der Waals surface area contributed by atoms with E-state index in [-0.39, 0.29) is 11.9 Å². The molecule has 1 aliphatic heterocycles. The highest BCUT2D eigenvalue weighted by atomic mass is 16.5. The summed E-state index contributed by atoms with van der Waals surface area (Å²) in [5.41, 5.74) is 1.56. The largest absolute Gasteiger partial charge is 0.464 e. The standard InChI is InChI=1S/C24H35NO2/c26-23(22(21-12-5-6-13-21)20-10-3-1-4-11-20)27-19-18-25-17-9-16-24(25)14-7-2-8-15-24/h1,3-4,10-11,21-22H,2,5-9,12-19H2. The molecule has 3 heteroatoms. The molecule has 0 N–H and O–H groups in total. The highest BCUT2D eigenvalue weighted by Gasteiger charge is 2.41. The van der Waals surface area contributed by atoms with Crippen LogP contribution in [0.1, 0.15) is 82.1 Å². The van der Waals surface area contributed by atoms with Crippen molar-refractivity contribution in [2.24, 2.45) is 5.92 Å². The van der Waals surface area contributed by atoms with E-state index in [1.807, 2.05) is 18.2 Å². The molecule has 0 radical (unpaired) electrons. The van der Waals surface area contributed by atoms with E-state index in [0.717, 1.165) is 24.9 Å².